The molecule has 3 heteroatoms. The van der Waals surface area contributed by atoms with E-state index in [-0.39, 0.29) is 0 Å². The fourth-order valence-electron chi connectivity index (χ4n) is 1.85. The lowest BCUT2D eigenvalue weighted by atomic mass is 10.1. The monoisotopic (exact) mass is 256 g/mol. The van der Waals surface area contributed by atoms with Gasteiger partial charge in [0.2, 0.25) is 0 Å². The first-order valence-electron chi connectivity index (χ1n) is 6.08. The summed E-state index contributed by atoms with van der Waals surface area (Å²) in [6, 6.07) is 12.0. The molecule has 1 N–H and O–H groups in total. The van der Waals surface area contributed by atoms with Crippen LogP contribution in [0.4, 0.5) is 0 Å². The average molecular weight is 256 g/mol. The lowest BCUT2D eigenvalue weighted by Gasteiger charge is -2.05. The van der Waals surface area contributed by atoms with Gasteiger partial charge in [0.05, 0.1) is 11.6 Å². The molecule has 2 aromatic rings. The fourth-order valence-corrected chi connectivity index (χ4v) is 2.80. The van der Waals surface area contributed by atoms with Gasteiger partial charge in [0, 0.05) is 18.0 Å². The van der Waals surface area contributed by atoms with E-state index in [4.69, 9.17) is 5.26 Å². The summed E-state index contributed by atoms with van der Waals surface area (Å²) in [5, 5.41) is 14.3. The molecule has 0 saturated carbocycles. The molecule has 0 fully saturated rings. The summed E-state index contributed by atoms with van der Waals surface area (Å²) in [4.78, 5) is 1.42. The van der Waals surface area contributed by atoms with Gasteiger partial charge in [0.1, 0.15) is 0 Å². The van der Waals surface area contributed by atoms with Crippen LogP contribution in [-0.4, -0.2) is 0 Å². The van der Waals surface area contributed by atoms with E-state index in [1.807, 2.05) is 35.6 Å². The summed E-state index contributed by atoms with van der Waals surface area (Å²) in [5.41, 5.74) is 3.36. The van der Waals surface area contributed by atoms with Gasteiger partial charge in [0.15, 0.2) is 0 Å². The maximum absolute atomic E-state index is 8.72. The number of nitrogens with zero attached hydrogens (tertiary/aromatic N) is 1. The van der Waals surface area contributed by atoms with Gasteiger partial charge < -0.3 is 5.32 Å². The second kappa shape index (κ2) is 6.34. The number of aryl methyl sites for hydroxylation is 1. The van der Waals surface area contributed by atoms with Crippen molar-refractivity contribution in [3.05, 3.63) is 57.3 Å². The second-order valence-corrected chi connectivity index (χ2v) is 5.14. The summed E-state index contributed by atoms with van der Waals surface area (Å²) in [6.07, 6.45) is 1.09. The highest BCUT2D eigenvalue weighted by Gasteiger charge is 2.01. The van der Waals surface area contributed by atoms with Gasteiger partial charge in [-0.25, -0.2) is 0 Å². The number of thiophene rings is 1. The second-order valence-electron chi connectivity index (χ2n) is 4.13. The van der Waals surface area contributed by atoms with E-state index in [2.05, 4.69) is 29.8 Å². The third-order valence-corrected chi connectivity index (χ3v) is 3.88. The van der Waals surface area contributed by atoms with Gasteiger partial charge in [0.25, 0.3) is 0 Å². The SMILES string of the molecule is CCc1ccsc1CNCc1ccc(C#N)cc1. The minimum Gasteiger partial charge on any atom is -0.308 e. The molecular formula is C15H16N2S. The number of hydrogen-bond donors (Lipinski definition) is 1. The van der Waals surface area contributed by atoms with Crippen LogP contribution in [0, 0.1) is 11.3 Å². The Hall–Kier alpha value is -1.63. The molecule has 0 radical (unpaired) electrons. The Labute approximate surface area is 112 Å². The highest BCUT2D eigenvalue weighted by atomic mass is 32.1. The lowest BCUT2D eigenvalue weighted by Crippen LogP contribution is -2.12. The molecule has 0 aliphatic rings. The van der Waals surface area contributed by atoms with Crippen molar-refractivity contribution < 1.29 is 0 Å². The Morgan fingerprint density at radius 1 is 1.17 bits per heavy atom. The Morgan fingerprint density at radius 2 is 1.94 bits per heavy atom. The van der Waals surface area contributed by atoms with Crippen molar-refractivity contribution in [1.29, 1.82) is 5.26 Å². The van der Waals surface area contributed by atoms with Crippen LogP contribution in [0.3, 0.4) is 0 Å². The molecule has 1 heterocycles. The zero-order valence-electron chi connectivity index (χ0n) is 10.4. The van der Waals surface area contributed by atoms with Crippen molar-refractivity contribution in [3.63, 3.8) is 0 Å². The van der Waals surface area contributed by atoms with Gasteiger partial charge in [-0.2, -0.15) is 5.26 Å². The summed E-state index contributed by atoms with van der Waals surface area (Å²) < 4.78 is 0. The number of benzene rings is 1. The van der Waals surface area contributed by atoms with E-state index in [1.54, 1.807) is 0 Å². The maximum Gasteiger partial charge on any atom is 0.0991 e. The predicted octanol–water partition coefficient (Wildman–Crippen LogP) is 3.47. The zero-order valence-corrected chi connectivity index (χ0v) is 11.3. The molecule has 2 rings (SSSR count). The highest BCUT2D eigenvalue weighted by Crippen LogP contribution is 2.17. The number of nitrogens with one attached hydrogen (secondary N) is 1. The molecule has 18 heavy (non-hydrogen) atoms. The Bertz CT molecular complexity index is 534. The Balaban J connectivity index is 1.87. The van der Waals surface area contributed by atoms with Crippen LogP contribution in [0.5, 0.6) is 0 Å². The van der Waals surface area contributed by atoms with Gasteiger partial charge >= 0.3 is 0 Å². The molecular weight excluding hydrogens is 240 g/mol. The summed E-state index contributed by atoms with van der Waals surface area (Å²) in [6.45, 7) is 3.94. The first-order chi connectivity index (χ1) is 8.83. The van der Waals surface area contributed by atoms with Crippen molar-refractivity contribution in [2.24, 2.45) is 0 Å². The van der Waals surface area contributed by atoms with Crippen LogP contribution < -0.4 is 5.32 Å². The van der Waals surface area contributed by atoms with E-state index in [0.717, 1.165) is 19.5 Å². The predicted molar refractivity (Wildman–Crippen MR) is 75.4 cm³/mol. The number of hydrogen-bond acceptors (Lipinski definition) is 3. The quantitative estimate of drug-likeness (QED) is 0.889. The summed E-state index contributed by atoms with van der Waals surface area (Å²) >= 11 is 1.81. The van der Waals surface area contributed by atoms with Crippen LogP contribution in [0.25, 0.3) is 0 Å². The highest BCUT2D eigenvalue weighted by molar-refractivity contribution is 7.10. The molecule has 0 aliphatic carbocycles. The van der Waals surface area contributed by atoms with Crippen LogP contribution >= 0.6 is 11.3 Å². The normalized spacial score (nSPS) is 10.2. The molecule has 0 saturated heterocycles. The molecule has 0 unspecified atom stereocenters. The smallest absolute Gasteiger partial charge is 0.0991 e. The summed E-state index contributed by atoms with van der Waals surface area (Å²) in [7, 11) is 0. The standard InChI is InChI=1S/C15H16N2S/c1-2-14-7-8-18-15(14)11-17-10-13-5-3-12(9-16)4-6-13/h3-8,17H,2,10-11H2,1H3. The van der Waals surface area contributed by atoms with Crippen molar-refractivity contribution in [2.45, 2.75) is 26.4 Å². The Morgan fingerprint density at radius 3 is 2.61 bits per heavy atom. The van der Waals surface area contributed by atoms with Gasteiger partial charge in [-0.3, -0.25) is 0 Å². The number of rotatable bonds is 5. The molecule has 0 atom stereocenters. The molecule has 2 nitrogen and oxygen atoms in total. The maximum atomic E-state index is 8.72. The van der Waals surface area contributed by atoms with Crippen molar-refractivity contribution in [1.82, 2.24) is 5.32 Å². The molecule has 0 aliphatic heterocycles. The Kier molecular flexibility index (Phi) is 4.52. The molecule has 92 valence electrons. The van der Waals surface area contributed by atoms with Crippen molar-refractivity contribution in [2.75, 3.05) is 0 Å². The third-order valence-electron chi connectivity index (χ3n) is 2.92. The lowest BCUT2D eigenvalue weighted by molar-refractivity contribution is 0.697. The zero-order chi connectivity index (χ0) is 12.8. The van der Waals surface area contributed by atoms with Gasteiger partial charge in [-0.05, 0) is 41.1 Å². The molecule has 0 spiro atoms. The molecule has 1 aromatic heterocycles. The van der Waals surface area contributed by atoms with E-state index in [9.17, 15) is 0 Å². The first kappa shape index (κ1) is 12.8. The minimum atomic E-state index is 0.713. The number of nitriles is 1. The third kappa shape index (κ3) is 3.19. The molecule has 1 aromatic carbocycles. The minimum absolute atomic E-state index is 0.713. The molecule has 0 amide bonds. The van der Waals surface area contributed by atoms with E-state index in [1.165, 1.54) is 16.0 Å². The van der Waals surface area contributed by atoms with Crippen LogP contribution in [0.2, 0.25) is 0 Å². The van der Waals surface area contributed by atoms with E-state index < -0.39 is 0 Å². The largest absolute Gasteiger partial charge is 0.308 e. The average Bonchev–Trinajstić information content (AvgIpc) is 2.87. The van der Waals surface area contributed by atoms with Gasteiger partial charge in [-0.15, -0.1) is 11.3 Å². The van der Waals surface area contributed by atoms with Crippen LogP contribution in [0.1, 0.15) is 28.5 Å². The van der Waals surface area contributed by atoms with Crippen molar-refractivity contribution in [3.8, 4) is 6.07 Å². The van der Waals surface area contributed by atoms with Crippen LogP contribution in [0.15, 0.2) is 35.7 Å². The topological polar surface area (TPSA) is 35.8 Å². The summed E-state index contributed by atoms with van der Waals surface area (Å²) in [5.74, 6) is 0. The fraction of sp³-hybridized carbons (Fsp3) is 0.267. The van der Waals surface area contributed by atoms with Gasteiger partial charge in [-0.1, -0.05) is 19.1 Å². The molecule has 0 bridgehead atoms. The van der Waals surface area contributed by atoms with Crippen molar-refractivity contribution >= 4 is 11.3 Å². The first-order valence-corrected chi connectivity index (χ1v) is 6.96. The van der Waals surface area contributed by atoms with E-state index in [0.29, 0.717) is 5.56 Å². The van der Waals surface area contributed by atoms with Crippen LogP contribution in [-0.2, 0) is 19.5 Å². The van der Waals surface area contributed by atoms with E-state index >= 15 is 0 Å².